The number of carbonyl (C=O) groups is 2. The zero-order chi connectivity index (χ0) is 26.4. The highest BCUT2D eigenvalue weighted by atomic mass is 16.5. The van der Waals surface area contributed by atoms with E-state index in [2.05, 4.69) is 0 Å². The highest BCUT2D eigenvalue weighted by Gasteiger charge is 2.46. The van der Waals surface area contributed by atoms with Crippen LogP contribution in [0.3, 0.4) is 0 Å². The molecule has 1 aliphatic rings. The fourth-order valence-corrected chi connectivity index (χ4v) is 4.21. The summed E-state index contributed by atoms with van der Waals surface area (Å²) in [6.07, 6.45) is 0. The second-order valence-electron chi connectivity index (χ2n) is 8.25. The van der Waals surface area contributed by atoms with Crippen LogP contribution in [0.1, 0.15) is 24.1 Å². The van der Waals surface area contributed by atoms with Crippen LogP contribution in [0.5, 0.6) is 23.0 Å². The lowest BCUT2D eigenvalue weighted by Gasteiger charge is -2.25. The Hall–Kier alpha value is -4.46. The topological polar surface area (TPSA) is 94.5 Å². The molecule has 8 nitrogen and oxygen atoms in total. The number of amides is 1. The Labute approximate surface area is 215 Å². The minimum Gasteiger partial charge on any atom is -0.507 e. The standard InChI is InChI=1S/C29H29NO7/c1-4-36-23-11-7-20(8-12-23)27(31)25-26(19-5-9-21(34-2)10-6-19)30(29(33)28(25)32)17-18-37-24-15-13-22(35-3)14-16-24/h5-16,26,31H,4,17-18H2,1-3H3/b27-25-. The zero-order valence-electron chi connectivity index (χ0n) is 21.0. The summed E-state index contributed by atoms with van der Waals surface area (Å²) in [7, 11) is 3.14. The third kappa shape index (κ3) is 5.53. The molecule has 1 atom stereocenters. The number of hydrogen-bond donors (Lipinski definition) is 1. The lowest BCUT2D eigenvalue weighted by atomic mass is 9.95. The van der Waals surface area contributed by atoms with Crippen molar-refractivity contribution in [2.75, 3.05) is 34.0 Å². The van der Waals surface area contributed by atoms with Crippen molar-refractivity contribution in [1.29, 1.82) is 0 Å². The number of ketones is 1. The number of methoxy groups -OCH3 is 2. The second-order valence-corrected chi connectivity index (χ2v) is 8.25. The van der Waals surface area contributed by atoms with Crippen molar-refractivity contribution in [2.45, 2.75) is 13.0 Å². The van der Waals surface area contributed by atoms with E-state index in [0.717, 1.165) is 0 Å². The van der Waals surface area contributed by atoms with Crippen LogP contribution in [-0.4, -0.2) is 55.7 Å². The Bertz CT molecular complexity index is 1270. The molecular formula is C29H29NO7. The van der Waals surface area contributed by atoms with Crippen molar-refractivity contribution in [1.82, 2.24) is 4.90 Å². The molecule has 3 aromatic rings. The van der Waals surface area contributed by atoms with E-state index in [1.165, 1.54) is 4.90 Å². The Balaban J connectivity index is 1.65. The summed E-state index contributed by atoms with van der Waals surface area (Å²) < 4.78 is 21.7. The van der Waals surface area contributed by atoms with E-state index in [1.807, 2.05) is 6.92 Å². The molecule has 0 aliphatic carbocycles. The highest BCUT2D eigenvalue weighted by Crippen LogP contribution is 2.40. The van der Waals surface area contributed by atoms with Crippen molar-refractivity contribution in [3.05, 3.63) is 89.5 Å². The van der Waals surface area contributed by atoms with Gasteiger partial charge in [0.05, 0.1) is 39.0 Å². The normalized spacial score (nSPS) is 16.5. The molecule has 192 valence electrons. The highest BCUT2D eigenvalue weighted by molar-refractivity contribution is 6.46. The molecule has 0 aromatic heterocycles. The molecule has 1 amide bonds. The lowest BCUT2D eigenvalue weighted by Crippen LogP contribution is -2.33. The molecular weight excluding hydrogens is 474 g/mol. The molecule has 0 saturated carbocycles. The number of aliphatic hydroxyl groups excluding tert-OH is 1. The van der Waals surface area contributed by atoms with E-state index in [0.29, 0.717) is 40.7 Å². The first kappa shape index (κ1) is 25.6. The molecule has 1 N–H and O–H groups in total. The average Bonchev–Trinajstić information content (AvgIpc) is 3.18. The second kappa shape index (κ2) is 11.5. The van der Waals surface area contributed by atoms with Gasteiger partial charge in [0.15, 0.2) is 0 Å². The van der Waals surface area contributed by atoms with E-state index >= 15 is 0 Å². The van der Waals surface area contributed by atoms with Crippen LogP contribution < -0.4 is 18.9 Å². The van der Waals surface area contributed by atoms with Crippen molar-refractivity contribution < 1.29 is 33.6 Å². The first-order chi connectivity index (χ1) is 18.0. The van der Waals surface area contributed by atoms with Gasteiger partial charge >= 0.3 is 0 Å². The zero-order valence-corrected chi connectivity index (χ0v) is 21.0. The SMILES string of the molecule is CCOc1ccc(/C(O)=C2/C(=O)C(=O)N(CCOc3ccc(OC)cc3)C2c2ccc(OC)cc2)cc1. The minimum atomic E-state index is -0.794. The fraction of sp³-hybridized carbons (Fsp3) is 0.241. The molecule has 37 heavy (non-hydrogen) atoms. The van der Waals surface area contributed by atoms with Crippen LogP contribution in [0.25, 0.3) is 5.76 Å². The monoisotopic (exact) mass is 503 g/mol. The smallest absolute Gasteiger partial charge is 0.295 e. The van der Waals surface area contributed by atoms with E-state index in [-0.39, 0.29) is 24.5 Å². The summed E-state index contributed by atoms with van der Waals surface area (Å²) in [6.45, 7) is 2.66. The van der Waals surface area contributed by atoms with E-state index in [1.54, 1.807) is 87.0 Å². The maximum atomic E-state index is 13.2. The first-order valence-electron chi connectivity index (χ1n) is 11.9. The predicted octanol–water partition coefficient (Wildman–Crippen LogP) is 4.60. The quantitative estimate of drug-likeness (QED) is 0.245. The Kier molecular flexibility index (Phi) is 7.98. The van der Waals surface area contributed by atoms with Gasteiger partial charge in [0.1, 0.15) is 35.4 Å². The summed E-state index contributed by atoms with van der Waals surface area (Å²) >= 11 is 0. The number of rotatable bonds is 10. The Morgan fingerprint density at radius 2 is 1.30 bits per heavy atom. The van der Waals surface area contributed by atoms with Gasteiger partial charge in [-0.2, -0.15) is 0 Å². The van der Waals surface area contributed by atoms with E-state index < -0.39 is 17.7 Å². The van der Waals surface area contributed by atoms with E-state index in [9.17, 15) is 14.7 Å². The van der Waals surface area contributed by atoms with Crippen LogP contribution in [-0.2, 0) is 9.59 Å². The van der Waals surface area contributed by atoms with Gasteiger partial charge in [-0.05, 0) is 73.2 Å². The Morgan fingerprint density at radius 3 is 1.86 bits per heavy atom. The number of hydrogen-bond acceptors (Lipinski definition) is 7. The van der Waals surface area contributed by atoms with Gasteiger partial charge in [0.2, 0.25) is 0 Å². The molecule has 1 aliphatic heterocycles. The fourth-order valence-electron chi connectivity index (χ4n) is 4.21. The number of Topliss-reactive ketones (excluding diaryl/α,β-unsaturated/α-hetero) is 1. The van der Waals surface area contributed by atoms with Crippen LogP contribution in [0.4, 0.5) is 0 Å². The largest absolute Gasteiger partial charge is 0.507 e. The Morgan fingerprint density at radius 1 is 0.784 bits per heavy atom. The average molecular weight is 504 g/mol. The number of aliphatic hydroxyl groups is 1. The predicted molar refractivity (Wildman–Crippen MR) is 138 cm³/mol. The molecule has 1 fully saturated rings. The van der Waals surface area contributed by atoms with Crippen molar-refractivity contribution in [2.24, 2.45) is 0 Å². The van der Waals surface area contributed by atoms with Gasteiger partial charge in [-0.25, -0.2) is 0 Å². The molecule has 4 rings (SSSR count). The summed E-state index contributed by atoms with van der Waals surface area (Å²) in [5, 5.41) is 11.2. The van der Waals surface area contributed by atoms with Crippen LogP contribution >= 0.6 is 0 Å². The van der Waals surface area contributed by atoms with Crippen LogP contribution in [0, 0.1) is 0 Å². The number of carbonyl (C=O) groups excluding carboxylic acids is 2. The lowest BCUT2D eigenvalue weighted by molar-refractivity contribution is -0.140. The molecule has 1 unspecified atom stereocenters. The number of benzene rings is 3. The van der Waals surface area contributed by atoms with Gasteiger partial charge in [0.25, 0.3) is 11.7 Å². The van der Waals surface area contributed by atoms with Crippen LogP contribution in [0.15, 0.2) is 78.4 Å². The number of nitrogens with zero attached hydrogens (tertiary/aromatic N) is 1. The third-order valence-electron chi connectivity index (χ3n) is 6.07. The number of ether oxygens (including phenoxy) is 4. The molecule has 0 spiro atoms. The third-order valence-corrected chi connectivity index (χ3v) is 6.07. The molecule has 8 heteroatoms. The summed E-state index contributed by atoms with van der Waals surface area (Å²) in [5.74, 6) is 0.876. The summed E-state index contributed by atoms with van der Waals surface area (Å²) in [4.78, 5) is 27.8. The van der Waals surface area contributed by atoms with Gasteiger partial charge in [-0.1, -0.05) is 12.1 Å². The molecule has 3 aromatic carbocycles. The van der Waals surface area contributed by atoms with E-state index in [4.69, 9.17) is 18.9 Å². The summed E-state index contributed by atoms with van der Waals surface area (Å²) in [5.41, 5.74) is 1.09. The van der Waals surface area contributed by atoms with Crippen molar-refractivity contribution in [3.63, 3.8) is 0 Å². The van der Waals surface area contributed by atoms with Gasteiger partial charge in [0, 0.05) is 5.56 Å². The van der Waals surface area contributed by atoms with Gasteiger partial charge < -0.3 is 29.0 Å². The molecule has 1 heterocycles. The van der Waals surface area contributed by atoms with Crippen molar-refractivity contribution in [3.8, 4) is 23.0 Å². The number of likely N-dealkylation sites (tertiary alicyclic amines) is 1. The molecule has 1 saturated heterocycles. The molecule has 0 radical (unpaired) electrons. The van der Waals surface area contributed by atoms with Crippen molar-refractivity contribution >= 4 is 17.4 Å². The maximum Gasteiger partial charge on any atom is 0.295 e. The van der Waals surface area contributed by atoms with Crippen LogP contribution in [0.2, 0.25) is 0 Å². The summed E-state index contributed by atoms with van der Waals surface area (Å²) in [6, 6.07) is 20.1. The van der Waals surface area contributed by atoms with Gasteiger partial charge in [-0.15, -0.1) is 0 Å². The maximum absolute atomic E-state index is 13.2. The minimum absolute atomic E-state index is 0.0174. The van der Waals surface area contributed by atoms with Gasteiger partial charge in [-0.3, -0.25) is 9.59 Å². The molecule has 0 bridgehead atoms. The first-order valence-corrected chi connectivity index (χ1v) is 11.9.